The second-order valence-corrected chi connectivity index (χ2v) is 8.41. The number of rotatable bonds is 6. The van der Waals surface area contributed by atoms with E-state index in [0.29, 0.717) is 6.54 Å². The molecule has 5 unspecified atom stereocenters. The van der Waals surface area contributed by atoms with E-state index in [-0.39, 0.29) is 24.5 Å². The maximum atomic E-state index is 13.5. The molecule has 3 aliphatic heterocycles. The van der Waals surface area contributed by atoms with Gasteiger partial charge in [-0.05, 0) is 30.2 Å². The number of esters is 1. The first-order valence-electron chi connectivity index (χ1n) is 10.5. The van der Waals surface area contributed by atoms with Crippen molar-refractivity contribution in [3.8, 4) is 5.75 Å². The summed E-state index contributed by atoms with van der Waals surface area (Å²) >= 11 is 0. The number of hydrogen-bond acceptors (Lipinski definition) is 5. The van der Waals surface area contributed by atoms with Crippen LogP contribution in [0.25, 0.3) is 0 Å². The van der Waals surface area contributed by atoms with Crippen molar-refractivity contribution < 1.29 is 23.8 Å². The quantitative estimate of drug-likeness (QED) is 0.531. The van der Waals surface area contributed by atoms with Crippen LogP contribution in [0, 0.1) is 11.8 Å². The van der Waals surface area contributed by atoms with E-state index in [0.717, 1.165) is 16.9 Å². The predicted molar refractivity (Wildman–Crippen MR) is 113 cm³/mol. The molecule has 0 N–H and O–H groups in total. The van der Waals surface area contributed by atoms with Crippen LogP contribution in [-0.4, -0.2) is 42.1 Å². The van der Waals surface area contributed by atoms with Gasteiger partial charge in [-0.1, -0.05) is 54.6 Å². The van der Waals surface area contributed by atoms with Crippen LogP contribution in [0.2, 0.25) is 0 Å². The first kappa shape index (κ1) is 19.8. The molecule has 2 saturated heterocycles. The monoisotopic (exact) mass is 419 g/mol. The number of carbonyl (C=O) groups excluding carboxylic acids is 2. The van der Waals surface area contributed by atoms with E-state index in [4.69, 9.17) is 14.2 Å². The summed E-state index contributed by atoms with van der Waals surface area (Å²) in [6.07, 6.45) is 3.46. The van der Waals surface area contributed by atoms with Crippen LogP contribution in [0.15, 0.2) is 66.7 Å². The van der Waals surface area contributed by atoms with Crippen molar-refractivity contribution in [2.45, 2.75) is 31.3 Å². The largest absolute Gasteiger partial charge is 0.497 e. The molecule has 0 aromatic heterocycles. The molecular formula is C25H25NO5. The van der Waals surface area contributed by atoms with Gasteiger partial charge in [-0.25, -0.2) is 0 Å². The number of likely N-dealkylation sites (tertiary alicyclic amines) is 1. The third-order valence-corrected chi connectivity index (χ3v) is 6.69. The average Bonchev–Trinajstić information content (AvgIpc) is 3.46. The molecular weight excluding hydrogens is 394 g/mol. The maximum absolute atomic E-state index is 13.5. The van der Waals surface area contributed by atoms with E-state index in [2.05, 4.69) is 0 Å². The van der Waals surface area contributed by atoms with Gasteiger partial charge in [0.25, 0.3) is 0 Å². The summed E-state index contributed by atoms with van der Waals surface area (Å²) in [6, 6.07) is 17.1. The number of amides is 1. The van der Waals surface area contributed by atoms with Crippen LogP contribution >= 0.6 is 0 Å². The van der Waals surface area contributed by atoms with Crippen molar-refractivity contribution in [3.63, 3.8) is 0 Å². The molecule has 6 nitrogen and oxygen atoms in total. The highest BCUT2D eigenvalue weighted by Gasteiger charge is 2.67. The Morgan fingerprint density at radius 3 is 2.65 bits per heavy atom. The van der Waals surface area contributed by atoms with Crippen LogP contribution in [0.5, 0.6) is 5.75 Å². The fourth-order valence-corrected chi connectivity index (χ4v) is 5.01. The summed E-state index contributed by atoms with van der Waals surface area (Å²) in [5.41, 5.74) is 1.17. The fourth-order valence-electron chi connectivity index (χ4n) is 5.01. The van der Waals surface area contributed by atoms with E-state index >= 15 is 0 Å². The van der Waals surface area contributed by atoms with Gasteiger partial charge in [0.05, 0.1) is 31.7 Å². The van der Waals surface area contributed by atoms with Gasteiger partial charge in [-0.3, -0.25) is 9.59 Å². The normalized spacial score (nSPS) is 29.2. The molecule has 31 heavy (non-hydrogen) atoms. The first-order chi connectivity index (χ1) is 15.0. The predicted octanol–water partition coefficient (Wildman–Crippen LogP) is 3.28. The SMILES string of the molecule is COc1ccc(C(C)N2CC34C=CC(O3)C(C(=O)OCc3ccccc3)C4C2=O)cc1. The Morgan fingerprint density at radius 2 is 1.94 bits per heavy atom. The zero-order valence-corrected chi connectivity index (χ0v) is 17.6. The highest BCUT2D eigenvalue weighted by Crippen LogP contribution is 2.53. The van der Waals surface area contributed by atoms with Gasteiger partial charge in [0.1, 0.15) is 23.9 Å². The Balaban J connectivity index is 1.34. The van der Waals surface area contributed by atoms with Crippen molar-refractivity contribution in [2.75, 3.05) is 13.7 Å². The topological polar surface area (TPSA) is 65.1 Å². The van der Waals surface area contributed by atoms with Gasteiger partial charge in [-0.2, -0.15) is 0 Å². The number of fused-ring (bicyclic) bond motifs is 1. The highest BCUT2D eigenvalue weighted by atomic mass is 16.6. The number of nitrogens with zero attached hydrogens (tertiary/aromatic N) is 1. The van der Waals surface area contributed by atoms with E-state index in [1.54, 1.807) is 7.11 Å². The molecule has 2 bridgehead atoms. The maximum Gasteiger partial charge on any atom is 0.313 e. The van der Waals surface area contributed by atoms with Crippen molar-refractivity contribution in [1.82, 2.24) is 4.90 Å². The van der Waals surface area contributed by atoms with Gasteiger partial charge >= 0.3 is 5.97 Å². The van der Waals surface area contributed by atoms with Crippen LogP contribution in [0.3, 0.4) is 0 Å². The molecule has 2 aromatic carbocycles. The summed E-state index contributed by atoms with van der Waals surface area (Å²) < 4.78 is 17.0. The minimum atomic E-state index is -0.751. The molecule has 0 aliphatic carbocycles. The molecule has 0 saturated carbocycles. The Morgan fingerprint density at radius 1 is 1.19 bits per heavy atom. The third-order valence-electron chi connectivity index (χ3n) is 6.69. The molecule has 3 aliphatic rings. The standard InChI is InChI=1S/C25H25NO5/c1-16(18-8-10-19(29-2)11-9-18)26-15-25-13-12-20(31-25)21(22(25)23(26)27)24(28)30-14-17-6-4-3-5-7-17/h3-13,16,20-22H,14-15H2,1-2H3. The van der Waals surface area contributed by atoms with Crippen molar-refractivity contribution in [3.05, 3.63) is 77.9 Å². The molecule has 160 valence electrons. The minimum absolute atomic E-state index is 0.0585. The number of carbonyl (C=O) groups is 2. The van der Waals surface area contributed by atoms with Gasteiger partial charge in [0, 0.05) is 0 Å². The average molecular weight is 419 g/mol. The Hall–Kier alpha value is -3.12. The van der Waals surface area contributed by atoms with Crippen LogP contribution in [0.4, 0.5) is 0 Å². The van der Waals surface area contributed by atoms with Gasteiger partial charge in [0.2, 0.25) is 5.91 Å². The smallest absolute Gasteiger partial charge is 0.313 e. The highest BCUT2D eigenvalue weighted by molar-refractivity contribution is 5.91. The lowest BCUT2D eigenvalue weighted by Gasteiger charge is -2.27. The number of methoxy groups -OCH3 is 1. The van der Waals surface area contributed by atoms with Crippen molar-refractivity contribution in [1.29, 1.82) is 0 Å². The Kier molecular flexibility index (Phi) is 4.82. The molecule has 1 spiro atoms. The number of benzene rings is 2. The molecule has 2 aromatic rings. The lowest BCUT2D eigenvalue weighted by Crippen LogP contribution is -2.40. The summed E-state index contributed by atoms with van der Waals surface area (Å²) in [5.74, 6) is -0.833. The van der Waals surface area contributed by atoms with Crippen LogP contribution < -0.4 is 4.74 Å². The Labute approximate surface area is 181 Å². The van der Waals surface area contributed by atoms with Gasteiger partial charge < -0.3 is 19.1 Å². The second-order valence-electron chi connectivity index (χ2n) is 8.41. The Bertz CT molecular complexity index is 1020. The zero-order chi connectivity index (χ0) is 21.6. The summed E-state index contributed by atoms with van der Waals surface area (Å²) in [5, 5.41) is 0. The fraction of sp³-hybridized carbons (Fsp3) is 0.360. The van der Waals surface area contributed by atoms with Crippen LogP contribution in [-0.2, 0) is 25.7 Å². The molecule has 5 atom stereocenters. The van der Waals surface area contributed by atoms with E-state index in [9.17, 15) is 9.59 Å². The third kappa shape index (κ3) is 3.22. The lowest BCUT2D eigenvalue weighted by molar-refractivity contribution is -0.155. The summed E-state index contributed by atoms with van der Waals surface area (Å²) in [7, 11) is 1.62. The minimum Gasteiger partial charge on any atom is -0.497 e. The van der Waals surface area contributed by atoms with Gasteiger partial charge in [-0.15, -0.1) is 0 Å². The molecule has 3 heterocycles. The molecule has 1 amide bonds. The van der Waals surface area contributed by atoms with E-state index in [1.807, 2.05) is 78.6 Å². The molecule has 5 rings (SSSR count). The molecule has 0 radical (unpaired) electrons. The second kappa shape index (κ2) is 7.54. The van der Waals surface area contributed by atoms with Gasteiger partial charge in [0.15, 0.2) is 0 Å². The van der Waals surface area contributed by atoms with Crippen molar-refractivity contribution in [2.24, 2.45) is 11.8 Å². The lowest BCUT2D eigenvalue weighted by atomic mass is 9.77. The van der Waals surface area contributed by atoms with Crippen molar-refractivity contribution >= 4 is 11.9 Å². The first-order valence-corrected chi connectivity index (χ1v) is 10.5. The summed E-state index contributed by atoms with van der Waals surface area (Å²) in [4.78, 5) is 28.3. The van der Waals surface area contributed by atoms with E-state index in [1.165, 1.54) is 0 Å². The summed E-state index contributed by atoms with van der Waals surface area (Å²) in [6.45, 7) is 2.61. The molecule has 6 heteroatoms. The zero-order valence-electron chi connectivity index (χ0n) is 17.6. The molecule has 2 fully saturated rings. The number of ether oxygens (including phenoxy) is 3. The number of hydrogen-bond donors (Lipinski definition) is 0. The van der Waals surface area contributed by atoms with E-state index < -0.39 is 23.5 Å². The van der Waals surface area contributed by atoms with Crippen LogP contribution in [0.1, 0.15) is 24.1 Å².